The molecular weight excluding hydrogens is 264 g/mol. The topological polar surface area (TPSA) is 60.7 Å². The molecular formula is C18H14O3. The largest absolute Gasteiger partial charge is 0.508 e. The average Bonchev–Trinajstić information content (AvgIpc) is 2.48. The number of phenolic OH excluding ortho intramolecular Hbond substituents is 3. The Morgan fingerprint density at radius 1 is 0.571 bits per heavy atom. The second kappa shape index (κ2) is 5.21. The van der Waals surface area contributed by atoms with Crippen molar-refractivity contribution in [1.82, 2.24) is 0 Å². The van der Waals surface area contributed by atoms with E-state index in [4.69, 9.17) is 0 Å². The van der Waals surface area contributed by atoms with Gasteiger partial charge in [-0.05, 0) is 35.4 Å². The lowest BCUT2D eigenvalue weighted by Gasteiger charge is -2.13. The Balaban J connectivity index is 2.29. The molecule has 3 heteroatoms. The van der Waals surface area contributed by atoms with Crippen LogP contribution in [0.5, 0.6) is 17.2 Å². The van der Waals surface area contributed by atoms with Crippen LogP contribution in [0.1, 0.15) is 0 Å². The normalized spacial score (nSPS) is 10.5. The van der Waals surface area contributed by atoms with Crippen molar-refractivity contribution in [2.45, 2.75) is 0 Å². The van der Waals surface area contributed by atoms with E-state index in [-0.39, 0.29) is 17.2 Å². The molecule has 0 atom stereocenters. The summed E-state index contributed by atoms with van der Waals surface area (Å²) in [6.07, 6.45) is 0. The summed E-state index contributed by atoms with van der Waals surface area (Å²) in [7, 11) is 0. The Labute approximate surface area is 122 Å². The Morgan fingerprint density at radius 2 is 1.24 bits per heavy atom. The van der Waals surface area contributed by atoms with Crippen molar-refractivity contribution in [3.05, 3.63) is 66.7 Å². The highest BCUT2D eigenvalue weighted by molar-refractivity contribution is 5.89. The van der Waals surface area contributed by atoms with Crippen molar-refractivity contribution in [2.75, 3.05) is 0 Å². The van der Waals surface area contributed by atoms with Gasteiger partial charge < -0.3 is 15.3 Å². The minimum atomic E-state index is 0.0809. The summed E-state index contributed by atoms with van der Waals surface area (Å²) in [5.41, 5.74) is 2.60. The molecule has 0 aliphatic heterocycles. The SMILES string of the molecule is Oc1cccc(-c2cccc(O)c2-c2ccccc2O)c1. The van der Waals surface area contributed by atoms with E-state index >= 15 is 0 Å². The molecule has 0 radical (unpaired) electrons. The summed E-state index contributed by atoms with van der Waals surface area (Å²) >= 11 is 0. The van der Waals surface area contributed by atoms with Crippen LogP contribution in [0.25, 0.3) is 22.3 Å². The van der Waals surface area contributed by atoms with E-state index in [1.165, 1.54) is 0 Å². The molecule has 0 fully saturated rings. The second-order valence-electron chi connectivity index (χ2n) is 4.77. The first kappa shape index (κ1) is 13.1. The highest BCUT2D eigenvalue weighted by Crippen LogP contribution is 2.42. The number of hydrogen-bond acceptors (Lipinski definition) is 3. The van der Waals surface area contributed by atoms with Crippen molar-refractivity contribution in [2.24, 2.45) is 0 Å². The van der Waals surface area contributed by atoms with Gasteiger partial charge in [0.05, 0.1) is 0 Å². The van der Waals surface area contributed by atoms with Crippen molar-refractivity contribution >= 4 is 0 Å². The molecule has 0 aliphatic carbocycles. The van der Waals surface area contributed by atoms with Crippen LogP contribution < -0.4 is 0 Å². The first-order valence-corrected chi connectivity index (χ1v) is 6.56. The van der Waals surface area contributed by atoms with Crippen LogP contribution in [0.2, 0.25) is 0 Å². The fourth-order valence-electron chi connectivity index (χ4n) is 2.42. The zero-order valence-electron chi connectivity index (χ0n) is 11.2. The summed E-state index contributed by atoms with van der Waals surface area (Å²) in [6, 6.07) is 18.8. The molecule has 104 valence electrons. The third-order valence-corrected chi connectivity index (χ3v) is 3.37. The van der Waals surface area contributed by atoms with Gasteiger partial charge in [-0.2, -0.15) is 0 Å². The molecule has 0 amide bonds. The Bertz CT molecular complexity index is 794. The first-order valence-electron chi connectivity index (χ1n) is 6.56. The Hall–Kier alpha value is -2.94. The van der Waals surface area contributed by atoms with Crippen LogP contribution in [0.3, 0.4) is 0 Å². The van der Waals surface area contributed by atoms with Crippen molar-refractivity contribution in [3.63, 3.8) is 0 Å². The maximum atomic E-state index is 10.2. The fourth-order valence-corrected chi connectivity index (χ4v) is 2.42. The minimum Gasteiger partial charge on any atom is -0.508 e. The van der Waals surface area contributed by atoms with Gasteiger partial charge in [-0.3, -0.25) is 0 Å². The lowest BCUT2D eigenvalue weighted by Crippen LogP contribution is -1.87. The molecule has 0 saturated heterocycles. The van der Waals surface area contributed by atoms with E-state index in [0.717, 1.165) is 11.1 Å². The monoisotopic (exact) mass is 278 g/mol. The van der Waals surface area contributed by atoms with Crippen molar-refractivity contribution in [1.29, 1.82) is 0 Å². The van der Waals surface area contributed by atoms with Gasteiger partial charge in [0.25, 0.3) is 0 Å². The molecule has 0 spiro atoms. The molecule has 0 heterocycles. The number of para-hydroxylation sites is 1. The molecule has 3 aromatic rings. The quantitative estimate of drug-likeness (QED) is 0.660. The third kappa shape index (κ3) is 2.41. The average molecular weight is 278 g/mol. The van der Waals surface area contributed by atoms with Crippen LogP contribution in [0.4, 0.5) is 0 Å². The predicted octanol–water partition coefficient (Wildman–Crippen LogP) is 4.14. The molecule has 0 unspecified atom stereocenters. The third-order valence-electron chi connectivity index (χ3n) is 3.37. The van der Waals surface area contributed by atoms with Gasteiger partial charge in [-0.25, -0.2) is 0 Å². The molecule has 3 N–H and O–H groups in total. The maximum absolute atomic E-state index is 10.2. The lowest BCUT2D eigenvalue weighted by atomic mass is 9.93. The summed E-state index contributed by atoms with van der Waals surface area (Å²) in [5.74, 6) is 0.330. The summed E-state index contributed by atoms with van der Waals surface area (Å²) in [5, 5.41) is 29.9. The van der Waals surface area contributed by atoms with Crippen LogP contribution in [-0.2, 0) is 0 Å². The number of hydrogen-bond donors (Lipinski definition) is 3. The predicted molar refractivity (Wildman–Crippen MR) is 82.3 cm³/mol. The first-order chi connectivity index (χ1) is 10.2. The van der Waals surface area contributed by atoms with Gasteiger partial charge in [-0.1, -0.05) is 42.5 Å². The zero-order valence-corrected chi connectivity index (χ0v) is 11.2. The van der Waals surface area contributed by atoms with Gasteiger partial charge in [0.15, 0.2) is 0 Å². The smallest absolute Gasteiger partial charge is 0.124 e. The lowest BCUT2D eigenvalue weighted by molar-refractivity contribution is 0.469. The summed E-state index contributed by atoms with van der Waals surface area (Å²) in [4.78, 5) is 0. The van der Waals surface area contributed by atoms with Gasteiger partial charge in [-0.15, -0.1) is 0 Å². The molecule has 0 bridgehead atoms. The van der Waals surface area contributed by atoms with E-state index in [1.807, 2.05) is 12.1 Å². The van der Waals surface area contributed by atoms with E-state index in [0.29, 0.717) is 11.1 Å². The van der Waals surface area contributed by atoms with Crippen molar-refractivity contribution < 1.29 is 15.3 Å². The van der Waals surface area contributed by atoms with Crippen molar-refractivity contribution in [3.8, 4) is 39.5 Å². The molecule has 0 aromatic heterocycles. The molecule has 3 aromatic carbocycles. The van der Waals surface area contributed by atoms with Crippen LogP contribution >= 0.6 is 0 Å². The van der Waals surface area contributed by atoms with E-state index in [2.05, 4.69) is 0 Å². The van der Waals surface area contributed by atoms with Gasteiger partial charge in [0, 0.05) is 11.1 Å². The highest BCUT2D eigenvalue weighted by Gasteiger charge is 2.14. The highest BCUT2D eigenvalue weighted by atomic mass is 16.3. The molecule has 0 saturated carbocycles. The minimum absolute atomic E-state index is 0.0809. The Morgan fingerprint density at radius 3 is 2.00 bits per heavy atom. The molecule has 3 nitrogen and oxygen atoms in total. The maximum Gasteiger partial charge on any atom is 0.124 e. The molecule has 3 rings (SSSR count). The van der Waals surface area contributed by atoms with Crippen LogP contribution in [0.15, 0.2) is 66.7 Å². The Kier molecular flexibility index (Phi) is 3.24. The van der Waals surface area contributed by atoms with Crippen LogP contribution in [0, 0.1) is 0 Å². The molecule has 0 aliphatic rings. The molecule has 21 heavy (non-hydrogen) atoms. The van der Waals surface area contributed by atoms with E-state index < -0.39 is 0 Å². The zero-order chi connectivity index (χ0) is 14.8. The summed E-state index contributed by atoms with van der Waals surface area (Å²) in [6.45, 7) is 0. The second-order valence-corrected chi connectivity index (χ2v) is 4.77. The number of benzene rings is 3. The van der Waals surface area contributed by atoms with E-state index in [1.54, 1.807) is 54.6 Å². The summed E-state index contributed by atoms with van der Waals surface area (Å²) < 4.78 is 0. The van der Waals surface area contributed by atoms with Crippen LogP contribution in [-0.4, -0.2) is 15.3 Å². The van der Waals surface area contributed by atoms with Gasteiger partial charge in [0.1, 0.15) is 17.2 Å². The van der Waals surface area contributed by atoms with Gasteiger partial charge in [0.2, 0.25) is 0 Å². The van der Waals surface area contributed by atoms with E-state index in [9.17, 15) is 15.3 Å². The number of phenols is 3. The number of rotatable bonds is 2. The fraction of sp³-hybridized carbons (Fsp3) is 0. The standard InChI is InChI=1S/C18H14O3/c19-13-6-3-5-12(11-13)14-8-4-10-17(21)18(14)15-7-1-2-9-16(15)20/h1-11,19-21H. The number of aromatic hydroxyl groups is 3. The van der Waals surface area contributed by atoms with Gasteiger partial charge >= 0.3 is 0 Å².